The summed E-state index contributed by atoms with van der Waals surface area (Å²) in [5.74, 6) is 0.150. The van der Waals surface area contributed by atoms with Gasteiger partial charge in [0.15, 0.2) is 0 Å². The van der Waals surface area contributed by atoms with Gasteiger partial charge in [0.05, 0.1) is 0 Å². The summed E-state index contributed by atoms with van der Waals surface area (Å²) in [5.41, 5.74) is 9.57. The quantitative estimate of drug-likeness (QED) is 0.853. The SMILES string of the molecule is CC(=O)[C@H](CN)Cc1ccc2c(c1)CCN2C. The zero-order valence-corrected chi connectivity index (χ0v) is 10.6. The number of hydrogen-bond acceptors (Lipinski definition) is 3. The average molecular weight is 232 g/mol. The second kappa shape index (κ2) is 4.88. The lowest BCUT2D eigenvalue weighted by atomic mass is 9.94. The zero-order valence-electron chi connectivity index (χ0n) is 10.6. The first-order chi connectivity index (χ1) is 8.11. The Bertz CT molecular complexity index is 428. The van der Waals surface area contributed by atoms with Crippen molar-refractivity contribution in [2.75, 3.05) is 25.0 Å². The van der Waals surface area contributed by atoms with Gasteiger partial charge in [-0.25, -0.2) is 0 Å². The van der Waals surface area contributed by atoms with Crippen molar-refractivity contribution in [2.24, 2.45) is 11.7 Å². The first-order valence-electron chi connectivity index (χ1n) is 6.15. The molecule has 0 radical (unpaired) electrons. The van der Waals surface area contributed by atoms with Crippen molar-refractivity contribution < 1.29 is 4.79 Å². The lowest BCUT2D eigenvalue weighted by Crippen LogP contribution is -2.23. The summed E-state index contributed by atoms with van der Waals surface area (Å²) in [7, 11) is 2.11. The first kappa shape index (κ1) is 12.1. The maximum Gasteiger partial charge on any atom is 0.134 e. The van der Waals surface area contributed by atoms with Crippen LogP contribution in [0.2, 0.25) is 0 Å². The normalized spacial score (nSPS) is 15.8. The van der Waals surface area contributed by atoms with Crippen LogP contribution in [0.5, 0.6) is 0 Å². The number of carbonyl (C=O) groups excluding carboxylic acids is 1. The van der Waals surface area contributed by atoms with Crippen LogP contribution in [0.3, 0.4) is 0 Å². The van der Waals surface area contributed by atoms with E-state index in [0.29, 0.717) is 6.54 Å². The van der Waals surface area contributed by atoms with Gasteiger partial charge in [-0.2, -0.15) is 0 Å². The minimum Gasteiger partial charge on any atom is -0.374 e. The molecule has 1 atom stereocenters. The van der Waals surface area contributed by atoms with E-state index in [1.54, 1.807) is 6.92 Å². The number of likely N-dealkylation sites (N-methyl/N-ethyl adjacent to an activating group) is 1. The van der Waals surface area contributed by atoms with Crippen molar-refractivity contribution in [1.82, 2.24) is 0 Å². The third kappa shape index (κ3) is 2.50. The standard InChI is InChI=1S/C14H20N2O/c1-10(17)13(9-15)8-11-3-4-14-12(7-11)5-6-16(14)2/h3-4,7,13H,5-6,8-9,15H2,1-2H3/t13-/m0/s1. The molecule has 0 unspecified atom stereocenters. The van der Waals surface area contributed by atoms with Gasteiger partial charge in [-0.05, 0) is 37.0 Å². The van der Waals surface area contributed by atoms with Crippen LogP contribution >= 0.6 is 0 Å². The molecule has 1 heterocycles. The Labute approximate surface area is 103 Å². The predicted octanol–water partition coefficient (Wildman–Crippen LogP) is 1.39. The molecule has 0 amide bonds. The van der Waals surface area contributed by atoms with E-state index in [-0.39, 0.29) is 11.7 Å². The summed E-state index contributed by atoms with van der Waals surface area (Å²) in [6.07, 6.45) is 1.87. The van der Waals surface area contributed by atoms with Crippen LogP contribution in [0, 0.1) is 5.92 Å². The van der Waals surface area contributed by atoms with Gasteiger partial charge < -0.3 is 10.6 Å². The van der Waals surface area contributed by atoms with E-state index < -0.39 is 0 Å². The number of nitrogens with two attached hydrogens (primary N) is 1. The molecule has 0 spiro atoms. The number of benzene rings is 1. The van der Waals surface area contributed by atoms with Crippen molar-refractivity contribution >= 4 is 11.5 Å². The number of ketones is 1. The molecule has 0 saturated carbocycles. The number of rotatable bonds is 4. The molecule has 92 valence electrons. The number of fused-ring (bicyclic) bond motifs is 1. The maximum absolute atomic E-state index is 11.4. The van der Waals surface area contributed by atoms with Gasteiger partial charge in [-0.3, -0.25) is 4.79 Å². The Kier molecular flexibility index (Phi) is 3.48. The monoisotopic (exact) mass is 232 g/mol. The van der Waals surface area contributed by atoms with Crippen LogP contribution in [0.4, 0.5) is 5.69 Å². The van der Waals surface area contributed by atoms with Gasteiger partial charge in [0.2, 0.25) is 0 Å². The van der Waals surface area contributed by atoms with E-state index in [2.05, 4.69) is 30.1 Å². The zero-order chi connectivity index (χ0) is 12.4. The lowest BCUT2D eigenvalue weighted by Gasteiger charge is -2.14. The van der Waals surface area contributed by atoms with Crippen LogP contribution in [0.25, 0.3) is 0 Å². The fourth-order valence-corrected chi connectivity index (χ4v) is 2.42. The van der Waals surface area contributed by atoms with Gasteiger partial charge in [0.1, 0.15) is 5.78 Å². The lowest BCUT2D eigenvalue weighted by molar-refractivity contribution is -0.120. The molecule has 0 aliphatic carbocycles. The van der Waals surface area contributed by atoms with E-state index in [1.165, 1.54) is 16.8 Å². The average Bonchev–Trinajstić information content (AvgIpc) is 2.67. The highest BCUT2D eigenvalue weighted by Gasteiger charge is 2.18. The van der Waals surface area contributed by atoms with Crippen molar-refractivity contribution in [3.63, 3.8) is 0 Å². The third-order valence-corrected chi connectivity index (χ3v) is 3.61. The number of nitrogens with zero attached hydrogens (tertiary/aromatic N) is 1. The molecule has 2 rings (SSSR count). The second-order valence-corrected chi connectivity index (χ2v) is 4.88. The molecule has 1 aliphatic heterocycles. The largest absolute Gasteiger partial charge is 0.374 e. The summed E-state index contributed by atoms with van der Waals surface area (Å²) >= 11 is 0. The number of anilines is 1. The van der Waals surface area contributed by atoms with E-state index in [4.69, 9.17) is 5.73 Å². The van der Waals surface area contributed by atoms with E-state index in [9.17, 15) is 4.79 Å². The van der Waals surface area contributed by atoms with Crippen LogP contribution < -0.4 is 10.6 Å². The first-order valence-corrected chi connectivity index (χ1v) is 6.15. The Morgan fingerprint density at radius 3 is 2.94 bits per heavy atom. The molecule has 0 saturated heterocycles. The van der Waals surface area contributed by atoms with Crippen molar-refractivity contribution in [1.29, 1.82) is 0 Å². The van der Waals surface area contributed by atoms with Gasteiger partial charge in [0.25, 0.3) is 0 Å². The molecule has 2 N–H and O–H groups in total. The molecule has 1 aromatic carbocycles. The molecule has 0 bridgehead atoms. The van der Waals surface area contributed by atoms with E-state index in [0.717, 1.165) is 19.4 Å². The van der Waals surface area contributed by atoms with Crippen LogP contribution in [0.1, 0.15) is 18.1 Å². The highest BCUT2D eigenvalue weighted by molar-refractivity contribution is 5.78. The van der Waals surface area contributed by atoms with Crippen molar-refractivity contribution in [3.8, 4) is 0 Å². The van der Waals surface area contributed by atoms with Gasteiger partial charge >= 0.3 is 0 Å². The molecule has 1 aromatic rings. The topological polar surface area (TPSA) is 46.3 Å². The Balaban J connectivity index is 2.16. The highest BCUT2D eigenvalue weighted by atomic mass is 16.1. The van der Waals surface area contributed by atoms with Crippen molar-refractivity contribution in [2.45, 2.75) is 19.8 Å². The highest BCUT2D eigenvalue weighted by Crippen LogP contribution is 2.28. The van der Waals surface area contributed by atoms with Crippen LogP contribution in [0.15, 0.2) is 18.2 Å². The second-order valence-electron chi connectivity index (χ2n) is 4.88. The fourth-order valence-electron chi connectivity index (χ4n) is 2.42. The number of Topliss-reactive ketones (excluding diaryl/α,β-unsaturated/α-hetero) is 1. The van der Waals surface area contributed by atoms with Gasteiger partial charge in [-0.15, -0.1) is 0 Å². The van der Waals surface area contributed by atoms with Crippen molar-refractivity contribution in [3.05, 3.63) is 29.3 Å². The summed E-state index contributed by atoms with van der Waals surface area (Å²) in [4.78, 5) is 13.6. The molecule has 3 nitrogen and oxygen atoms in total. The number of hydrogen-bond donors (Lipinski definition) is 1. The molecule has 17 heavy (non-hydrogen) atoms. The summed E-state index contributed by atoms with van der Waals surface area (Å²) in [6, 6.07) is 6.50. The molecule has 1 aliphatic rings. The Morgan fingerprint density at radius 1 is 1.53 bits per heavy atom. The maximum atomic E-state index is 11.4. The summed E-state index contributed by atoms with van der Waals surface area (Å²) < 4.78 is 0. The fraction of sp³-hybridized carbons (Fsp3) is 0.500. The van der Waals surface area contributed by atoms with Crippen LogP contribution in [-0.4, -0.2) is 25.9 Å². The Hall–Kier alpha value is -1.35. The van der Waals surface area contributed by atoms with Gasteiger partial charge in [0, 0.05) is 31.7 Å². The smallest absolute Gasteiger partial charge is 0.134 e. The van der Waals surface area contributed by atoms with Gasteiger partial charge in [-0.1, -0.05) is 12.1 Å². The molecule has 0 aromatic heterocycles. The molecular formula is C14H20N2O. The van der Waals surface area contributed by atoms with E-state index >= 15 is 0 Å². The number of carbonyl (C=O) groups is 1. The summed E-state index contributed by atoms with van der Waals surface area (Å²) in [6.45, 7) is 3.15. The van der Waals surface area contributed by atoms with E-state index in [1.807, 2.05) is 0 Å². The van der Waals surface area contributed by atoms with Crippen LogP contribution in [-0.2, 0) is 17.6 Å². The molecule has 3 heteroatoms. The Morgan fingerprint density at radius 2 is 2.29 bits per heavy atom. The molecule has 0 fully saturated rings. The third-order valence-electron chi connectivity index (χ3n) is 3.61. The minimum absolute atomic E-state index is 0.0350. The summed E-state index contributed by atoms with van der Waals surface area (Å²) in [5, 5.41) is 0. The predicted molar refractivity (Wildman–Crippen MR) is 70.3 cm³/mol. The minimum atomic E-state index is -0.0350. The molecular weight excluding hydrogens is 212 g/mol.